The lowest BCUT2D eigenvalue weighted by Crippen LogP contribution is -2.29. The molecular formula is C16H16Cl2N2S. The van der Waals surface area contributed by atoms with Gasteiger partial charge in [0, 0.05) is 22.3 Å². The smallest absolute Gasteiger partial charge is 0.170 e. The van der Waals surface area contributed by atoms with Gasteiger partial charge < -0.3 is 10.6 Å². The molecule has 0 atom stereocenters. The summed E-state index contributed by atoms with van der Waals surface area (Å²) in [7, 11) is 0. The highest BCUT2D eigenvalue weighted by Gasteiger charge is 2.00. The number of hydrogen-bond donors (Lipinski definition) is 2. The van der Waals surface area contributed by atoms with Crippen LogP contribution in [-0.4, -0.2) is 11.7 Å². The van der Waals surface area contributed by atoms with Crippen molar-refractivity contribution in [2.75, 3.05) is 11.9 Å². The largest absolute Gasteiger partial charge is 0.362 e. The summed E-state index contributed by atoms with van der Waals surface area (Å²) in [5, 5.41) is 8.37. The number of benzene rings is 2. The van der Waals surface area contributed by atoms with Gasteiger partial charge in [0.2, 0.25) is 0 Å². The number of thiocarbonyl (C=S) groups is 1. The van der Waals surface area contributed by atoms with Gasteiger partial charge in [-0.1, -0.05) is 47.5 Å². The Morgan fingerprint density at radius 3 is 2.62 bits per heavy atom. The van der Waals surface area contributed by atoms with Gasteiger partial charge in [0.05, 0.1) is 0 Å². The molecule has 2 N–H and O–H groups in total. The molecule has 0 amide bonds. The maximum absolute atomic E-state index is 6.12. The monoisotopic (exact) mass is 338 g/mol. The SMILES string of the molecule is S=C(NCCCc1ccccc1Cl)Nc1cccc(Cl)c1. The molecule has 0 aliphatic rings. The third-order valence-electron chi connectivity index (χ3n) is 2.95. The first kappa shape index (κ1) is 16.1. The molecule has 2 rings (SSSR count). The molecule has 2 aromatic rings. The first-order valence-corrected chi connectivity index (χ1v) is 7.85. The molecule has 5 heteroatoms. The molecule has 0 unspecified atom stereocenters. The predicted octanol–water partition coefficient (Wildman–Crippen LogP) is 4.91. The predicted molar refractivity (Wildman–Crippen MR) is 95.4 cm³/mol. The van der Waals surface area contributed by atoms with Crippen molar-refractivity contribution < 1.29 is 0 Å². The lowest BCUT2D eigenvalue weighted by Gasteiger charge is -2.11. The van der Waals surface area contributed by atoms with Gasteiger partial charge in [-0.25, -0.2) is 0 Å². The molecule has 2 nitrogen and oxygen atoms in total. The number of nitrogens with one attached hydrogen (secondary N) is 2. The van der Waals surface area contributed by atoms with Gasteiger partial charge in [0.25, 0.3) is 0 Å². The van der Waals surface area contributed by atoms with E-state index >= 15 is 0 Å². The Bertz CT molecular complexity index is 617. The summed E-state index contributed by atoms with van der Waals surface area (Å²) in [6.45, 7) is 0.789. The summed E-state index contributed by atoms with van der Waals surface area (Å²) in [6.07, 6.45) is 1.88. The summed E-state index contributed by atoms with van der Waals surface area (Å²) in [4.78, 5) is 0. The van der Waals surface area contributed by atoms with Gasteiger partial charge in [-0.3, -0.25) is 0 Å². The number of rotatable bonds is 5. The van der Waals surface area contributed by atoms with Crippen molar-refractivity contribution in [1.29, 1.82) is 0 Å². The Balaban J connectivity index is 1.71. The zero-order chi connectivity index (χ0) is 15.1. The van der Waals surface area contributed by atoms with Crippen molar-refractivity contribution >= 4 is 46.2 Å². The number of halogens is 2. The van der Waals surface area contributed by atoms with Crippen LogP contribution in [0.5, 0.6) is 0 Å². The van der Waals surface area contributed by atoms with Gasteiger partial charge in [-0.05, 0) is 54.9 Å². The molecule has 0 bridgehead atoms. The van der Waals surface area contributed by atoms with E-state index in [0.29, 0.717) is 10.1 Å². The molecule has 0 aromatic heterocycles. The van der Waals surface area contributed by atoms with Crippen molar-refractivity contribution in [2.24, 2.45) is 0 Å². The number of anilines is 1. The summed E-state index contributed by atoms with van der Waals surface area (Å²) in [5.41, 5.74) is 2.04. The first-order chi connectivity index (χ1) is 10.1. The minimum Gasteiger partial charge on any atom is -0.362 e. The Kier molecular flexibility index (Phi) is 6.30. The van der Waals surface area contributed by atoms with Gasteiger partial charge in [-0.15, -0.1) is 0 Å². The van der Waals surface area contributed by atoms with Crippen molar-refractivity contribution in [1.82, 2.24) is 5.32 Å². The molecule has 0 aliphatic heterocycles. The Hall–Kier alpha value is -1.29. The van der Waals surface area contributed by atoms with E-state index in [1.54, 1.807) is 0 Å². The second-order valence-corrected chi connectivity index (χ2v) is 5.84. The Morgan fingerprint density at radius 1 is 1.05 bits per heavy atom. The molecule has 0 heterocycles. The Morgan fingerprint density at radius 2 is 1.86 bits per heavy atom. The van der Waals surface area contributed by atoms with Crippen LogP contribution >= 0.6 is 35.4 Å². The molecule has 0 saturated carbocycles. The van der Waals surface area contributed by atoms with E-state index in [2.05, 4.69) is 10.6 Å². The highest BCUT2D eigenvalue weighted by molar-refractivity contribution is 7.80. The van der Waals surface area contributed by atoms with Crippen LogP contribution in [0.15, 0.2) is 48.5 Å². The zero-order valence-electron chi connectivity index (χ0n) is 11.4. The molecule has 0 saturated heterocycles. The van der Waals surface area contributed by atoms with Gasteiger partial charge >= 0.3 is 0 Å². The zero-order valence-corrected chi connectivity index (χ0v) is 13.7. The highest BCUT2D eigenvalue weighted by atomic mass is 35.5. The van der Waals surface area contributed by atoms with Crippen molar-refractivity contribution in [2.45, 2.75) is 12.8 Å². The van der Waals surface area contributed by atoms with Crippen LogP contribution < -0.4 is 10.6 Å². The number of aryl methyl sites for hydroxylation is 1. The highest BCUT2D eigenvalue weighted by Crippen LogP contribution is 2.16. The van der Waals surface area contributed by atoms with Crippen LogP contribution in [0, 0.1) is 0 Å². The molecule has 0 fully saturated rings. The Labute approximate surface area is 140 Å². The summed E-state index contributed by atoms with van der Waals surface area (Å²) >= 11 is 17.3. The fraction of sp³-hybridized carbons (Fsp3) is 0.188. The van der Waals surface area contributed by atoms with Crippen LogP contribution in [0.4, 0.5) is 5.69 Å². The van der Waals surface area contributed by atoms with E-state index < -0.39 is 0 Å². The molecule has 0 spiro atoms. The molecule has 2 aromatic carbocycles. The average Bonchev–Trinajstić information content (AvgIpc) is 2.45. The van der Waals surface area contributed by atoms with Gasteiger partial charge in [0.1, 0.15) is 0 Å². The van der Waals surface area contributed by atoms with Crippen molar-refractivity contribution in [3.8, 4) is 0 Å². The first-order valence-electron chi connectivity index (χ1n) is 6.69. The summed E-state index contributed by atoms with van der Waals surface area (Å²) in [6, 6.07) is 15.4. The minimum atomic E-state index is 0.594. The normalized spacial score (nSPS) is 10.2. The standard InChI is InChI=1S/C16H16Cl2N2S/c17-13-7-3-8-14(11-13)20-16(21)19-10-4-6-12-5-1-2-9-15(12)18/h1-3,5,7-9,11H,4,6,10H2,(H2,19,20,21). The molecule has 0 aliphatic carbocycles. The third-order valence-corrected chi connectivity index (χ3v) is 3.80. The summed E-state index contributed by atoms with van der Waals surface area (Å²) in [5.74, 6) is 0. The number of hydrogen-bond acceptors (Lipinski definition) is 1. The van der Waals surface area contributed by atoms with Gasteiger partial charge in [-0.2, -0.15) is 0 Å². The molecule has 110 valence electrons. The van der Waals surface area contributed by atoms with Crippen LogP contribution in [0.25, 0.3) is 0 Å². The maximum Gasteiger partial charge on any atom is 0.170 e. The molecule has 21 heavy (non-hydrogen) atoms. The van der Waals surface area contributed by atoms with E-state index in [-0.39, 0.29) is 0 Å². The van der Waals surface area contributed by atoms with Crippen LogP contribution in [0.1, 0.15) is 12.0 Å². The van der Waals surface area contributed by atoms with E-state index in [1.165, 1.54) is 0 Å². The second-order valence-electron chi connectivity index (χ2n) is 4.59. The molecular weight excluding hydrogens is 323 g/mol. The third kappa shape index (κ3) is 5.54. The van der Waals surface area contributed by atoms with Crippen molar-refractivity contribution in [3.05, 3.63) is 64.1 Å². The molecule has 0 radical (unpaired) electrons. The summed E-state index contributed by atoms with van der Waals surface area (Å²) < 4.78 is 0. The lowest BCUT2D eigenvalue weighted by molar-refractivity contribution is 0.777. The van der Waals surface area contributed by atoms with Gasteiger partial charge in [0.15, 0.2) is 5.11 Å². The fourth-order valence-electron chi connectivity index (χ4n) is 1.92. The minimum absolute atomic E-state index is 0.594. The van der Waals surface area contributed by atoms with Crippen molar-refractivity contribution in [3.63, 3.8) is 0 Å². The van der Waals surface area contributed by atoms with Crippen LogP contribution in [-0.2, 0) is 6.42 Å². The van der Waals surface area contributed by atoms with E-state index in [0.717, 1.165) is 35.7 Å². The van der Waals surface area contributed by atoms with Crippen LogP contribution in [0.2, 0.25) is 10.0 Å². The second kappa shape index (κ2) is 8.23. The van der Waals surface area contributed by atoms with E-state index in [9.17, 15) is 0 Å². The lowest BCUT2D eigenvalue weighted by atomic mass is 10.1. The maximum atomic E-state index is 6.12. The average molecular weight is 339 g/mol. The quantitative estimate of drug-likeness (QED) is 0.598. The topological polar surface area (TPSA) is 24.1 Å². The van der Waals surface area contributed by atoms with Crippen LogP contribution in [0.3, 0.4) is 0 Å². The van der Waals surface area contributed by atoms with E-state index in [1.807, 2.05) is 48.5 Å². The van der Waals surface area contributed by atoms with E-state index in [4.69, 9.17) is 35.4 Å². The fourth-order valence-corrected chi connectivity index (χ4v) is 2.56.